The highest BCUT2D eigenvalue weighted by molar-refractivity contribution is 7.89. The standard InChI is InChI=1S/C20H20F2N2O8S/c1-12(24-33(28,29)16-9-7-14(30-2)8-10-16)19(27)31-11-17(25)23-18(26)13-3-5-15(6-4-13)32-20(21)22/h3-10,12,20,24H,11H2,1-2H3,(H,23,25,26)/t12-/m0/s1. The van der Waals surface area contributed by atoms with Crippen molar-refractivity contribution in [2.24, 2.45) is 0 Å². The zero-order chi connectivity index (χ0) is 24.6. The molecule has 33 heavy (non-hydrogen) atoms. The number of hydrogen-bond donors (Lipinski definition) is 2. The van der Waals surface area contributed by atoms with Crippen molar-refractivity contribution in [2.45, 2.75) is 24.5 Å². The Kier molecular flexibility index (Phi) is 8.82. The third kappa shape index (κ3) is 7.80. The number of rotatable bonds is 10. The average Bonchev–Trinajstić information content (AvgIpc) is 2.77. The van der Waals surface area contributed by atoms with E-state index in [-0.39, 0.29) is 16.2 Å². The number of hydrogen-bond acceptors (Lipinski definition) is 8. The first-order valence-electron chi connectivity index (χ1n) is 9.24. The zero-order valence-corrected chi connectivity index (χ0v) is 18.2. The van der Waals surface area contributed by atoms with Crippen LogP contribution in [-0.2, 0) is 24.3 Å². The summed E-state index contributed by atoms with van der Waals surface area (Å²) in [6.07, 6.45) is 0. The minimum atomic E-state index is -4.05. The molecule has 2 aromatic rings. The smallest absolute Gasteiger partial charge is 0.387 e. The van der Waals surface area contributed by atoms with E-state index < -0.39 is 47.1 Å². The van der Waals surface area contributed by atoms with Gasteiger partial charge in [-0.05, 0) is 55.5 Å². The molecule has 2 aromatic carbocycles. The molecule has 2 rings (SSSR count). The first-order chi connectivity index (χ1) is 15.5. The van der Waals surface area contributed by atoms with Gasteiger partial charge in [0.1, 0.15) is 17.5 Å². The zero-order valence-electron chi connectivity index (χ0n) is 17.4. The Labute approximate surface area is 187 Å². The number of methoxy groups -OCH3 is 1. The molecule has 2 amide bonds. The molecule has 0 saturated carbocycles. The number of halogens is 2. The molecule has 0 spiro atoms. The van der Waals surface area contributed by atoms with Crippen LogP contribution in [0.2, 0.25) is 0 Å². The van der Waals surface area contributed by atoms with Crippen molar-refractivity contribution in [3.63, 3.8) is 0 Å². The molecule has 1 atom stereocenters. The number of imide groups is 1. The second-order valence-electron chi connectivity index (χ2n) is 6.41. The minimum Gasteiger partial charge on any atom is -0.497 e. The number of ether oxygens (including phenoxy) is 3. The Morgan fingerprint density at radius 1 is 0.970 bits per heavy atom. The van der Waals surface area contributed by atoms with Gasteiger partial charge in [0, 0.05) is 5.56 Å². The summed E-state index contributed by atoms with van der Waals surface area (Å²) in [7, 11) is -2.63. The van der Waals surface area contributed by atoms with E-state index in [0.717, 1.165) is 24.3 Å². The molecule has 0 aliphatic carbocycles. The molecular weight excluding hydrogens is 466 g/mol. The number of benzene rings is 2. The van der Waals surface area contributed by atoms with Crippen molar-refractivity contribution < 1.29 is 45.8 Å². The van der Waals surface area contributed by atoms with Crippen molar-refractivity contribution in [2.75, 3.05) is 13.7 Å². The van der Waals surface area contributed by atoms with Gasteiger partial charge in [0.15, 0.2) is 6.61 Å². The van der Waals surface area contributed by atoms with E-state index in [9.17, 15) is 31.6 Å². The fraction of sp³-hybridized carbons (Fsp3) is 0.250. The Bertz CT molecular complexity index is 1090. The Balaban J connectivity index is 1.84. The molecule has 0 aliphatic rings. The van der Waals surface area contributed by atoms with Crippen LogP contribution < -0.4 is 19.5 Å². The predicted octanol–water partition coefficient (Wildman–Crippen LogP) is 1.46. The van der Waals surface area contributed by atoms with Gasteiger partial charge in [-0.25, -0.2) is 8.42 Å². The molecule has 10 nitrogen and oxygen atoms in total. The Hall–Kier alpha value is -3.58. The highest BCUT2D eigenvalue weighted by Crippen LogP contribution is 2.16. The molecule has 0 unspecified atom stereocenters. The van der Waals surface area contributed by atoms with Crippen molar-refractivity contribution in [1.29, 1.82) is 0 Å². The van der Waals surface area contributed by atoms with E-state index >= 15 is 0 Å². The molecular formula is C20H20F2N2O8S. The lowest BCUT2D eigenvalue weighted by atomic mass is 10.2. The highest BCUT2D eigenvalue weighted by atomic mass is 32.2. The summed E-state index contributed by atoms with van der Waals surface area (Å²) in [4.78, 5) is 35.8. The van der Waals surface area contributed by atoms with E-state index in [4.69, 9.17) is 9.47 Å². The summed E-state index contributed by atoms with van der Waals surface area (Å²) in [5, 5.41) is 1.94. The van der Waals surface area contributed by atoms with Gasteiger partial charge in [-0.2, -0.15) is 13.5 Å². The lowest BCUT2D eigenvalue weighted by Crippen LogP contribution is -2.41. The van der Waals surface area contributed by atoms with E-state index in [0.29, 0.717) is 5.75 Å². The van der Waals surface area contributed by atoms with Gasteiger partial charge in [-0.3, -0.25) is 19.7 Å². The number of nitrogens with one attached hydrogen (secondary N) is 2. The molecule has 2 N–H and O–H groups in total. The second kappa shape index (κ2) is 11.3. The number of carbonyl (C=O) groups is 3. The molecule has 0 heterocycles. The van der Waals surface area contributed by atoms with Crippen LogP contribution in [0.25, 0.3) is 0 Å². The number of esters is 1. The normalized spacial score (nSPS) is 12.0. The van der Waals surface area contributed by atoms with E-state index in [2.05, 4.69) is 9.46 Å². The molecule has 178 valence electrons. The van der Waals surface area contributed by atoms with Gasteiger partial charge in [0.2, 0.25) is 10.0 Å². The molecule has 0 aromatic heterocycles. The van der Waals surface area contributed by atoms with Gasteiger partial charge >= 0.3 is 12.6 Å². The summed E-state index contributed by atoms with van der Waals surface area (Å²) in [6, 6.07) is 8.63. The van der Waals surface area contributed by atoms with Gasteiger partial charge in [0.25, 0.3) is 11.8 Å². The lowest BCUT2D eigenvalue weighted by Gasteiger charge is -2.14. The first kappa shape index (κ1) is 25.7. The van der Waals surface area contributed by atoms with Crippen LogP contribution in [-0.4, -0.2) is 52.6 Å². The van der Waals surface area contributed by atoms with Crippen molar-refractivity contribution in [3.8, 4) is 11.5 Å². The summed E-state index contributed by atoms with van der Waals surface area (Å²) < 4.78 is 64.9. The monoisotopic (exact) mass is 486 g/mol. The first-order valence-corrected chi connectivity index (χ1v) is 10.7. The van der Waals surface area contributed by atoms with E-state index in [1.165, 1.54) is 38.3 Å². The van der Waals surface area contributed by atoms with Crippen molar-refractivity contribution in [1.82, 2.24) is 10.0 Å². The molecule has 0 bridgehead atoms. The maximum absolute atomic E-state index is 12.3. The second-order valence-corrected chi connectivity index (χ2v) is 8.12. The number of alkyl halides is 2. The summed E-state index contributed by atoms with van der Waals surface area (Å²) >= 11 is 0. The van der Waals surface area contributed by atoms with Crippen LogP contribution in [0.3, 0.4) is 0 Å². The predicted molar refractivity (Wildman–Crippen MR) is 109 cm³/mol. The summed E-state index contributed by atoms with van der Waals surface area (Å²) in [5.74, 6) is -2.63. The maximum Gasteiger partial charge on any atom is 0.387 e. The lowest BCUT2D eigenvalue weighted by molar-refractivity contribution is -0.149. The number of sulfonamides is 1. The SMILES string of the molecule is COc1ccc(S(=O)(=O)N[C@@H](C)C(=O)OCC(=O)NC(=O)c2ccc(OC(F)F)cc2)cc1. The van der Waals surface area contributed by atoms with Crippen LogP contribution in [0.5, 0.6) is 11.5 Å². The molecule has 13 heteroatoms. The molecule has 0 saturated heterocycles. The van der Waals surface area contributed by atoms with Gasteiger partial charge in [-0.15, -0.1) is 0 Å². The summed E-state index contributed by atoms with van der Waals surface area (Å²) in [6.45, 7) is -2.66. The van der Waals surface area contributed by atoms with Crippen molar-refractivity contribution >= 4 is 27.8 Å². The Morgan fingerprint density at radius 2 is 1.55 bits per heavy atom. The molecule has 0 radical (unpaired) electrons. The van der Waals surface area contributed by atoms with Crippen LogP contribution in [0, 0.1) is 0 Å². The molecule has 0 aliphatic heterocycles. The minimum absolute atomic E-state index is 0.0306. The van der Waals surface area contributed by atoms with Crippen molar-refractivity contribution in [3.05, 3.63) is 54.1 Å². The van der Waals surface area contributed by atoms with Crippen LogP contribution in [0.15, 0.2) is 53.4 Å². The third-order valence-corrected chi connectivity index (χ3v) is 5.55. The topological polar surface area (TPSA) is 137 Å². The Morgan fingerprint density at radius 3 is 2.09 bits per heavy atom. The largest absolute Gasteiger partial charge is 0.497 e. The third-order valence-electron chi connectivity index (χ3n) is 4.00. The molecule has 0 fully saturated rings. The fourth-order valence-electron chi connectivity index (χ4n) is 2.39. The summed E-state index contributed by atoms with van der Waals surface area (Å²) in [5.41, 5.74) is -0.0306. The number of amides is 2. The average molecular weight is 486 g/mol. The quantitative estimate of drug-likeness (QED) is 0.482. The van der Waals surface area contributed by atoms with E-state index in [1.54, 1.807) is 0 Å². The van der Waals surface area contributed by atoms with E-state index in [1.807, 2.05) is 5.32 Å². The highest BCUT2D eigenvalue weighted by Gasteiger charge is 2.24. The van der Waals surface area contributed by atoms with Gasteiger partial charge < -0.3 is 14.2 Å². The van der Waals surface area contributed by atoms with Crippen LogP contribution >= 0.6 is 0 Å². The van der Waals surface area contributed by atoms with Crippen LogP contribution in [0.1, 0.15) is 17.3 Å². The number of carbonyl (C=O) groups excluding carboxylic acids is 3. The van der Waals surface area contributed by atoms with Gasteiger partial charge in [-0.1, -0.05) is 0 Å². The maximum atomic E-state index is 12.3. The van der Waals surface area contributed by atoms with Gasteiger partial charge in [0.05, 0.1) is 12.0 Å². The van der Waals surface area contributed by atoms with Crippen LogP contribution in [0.4, 0.5) is 8.78 Å². The fourth-order valence-corrected chi connectivity index (χ4v) is 3.58.